The van der Waals surface area contributed by atoms with E-state index < -0.39 is 6.10 Å². The van der Waals surface area contributed by atoms with E-state index in [1.807, 2.05) is 54.6 Å². The number of fused-ring (bicyclic) bond motifs is 1. The summed E-state index contributed by atoms with van der Waals surface area (Å²) in [6, 6.07) is 23.1. The number of benzene rings is 2. The number of β-amino-alcohol motifs (C(OH)–C–C–N with tert-alkyl or cyclic N) is 1. The summed E-state index contributed by atoms with van der Waals surface area (Å²) in [5.41, 5.74) is 3.28. The molecule has 0 saturated carbocycles. The molecule has 5 rings (SSSR count). The Bertz CT molecular complexity index is 1310. The maximum Gasteiger partial charge on any atom is 0.255 e. The maximum atomic E-state index is 13.1. The molecule has 3 heterocycles. The topological polar surface area (TPSA) is 71.2 Å². The van der Waals surface area contributed by atoms with Crippen LogP contribution < -0.4 is 10.5 Å². The first-order chi connectivity index (χ1) is 16.1. The van der Waals surface area contributed by atoms with Gasteiger partial charge >= 0.3 is 0 Å². The highest BCUT2D eigenvalue weighted by Crippen LogP contribution is 2.35. The Hall–Kier alpha value is -3.29. The molecule has 0 fully saturated rings. The third-order valence-electron chi connectivity index (χ3n) is 6.01. The van der Waals surface area contributed by atoms with E-state index in [4.69, 9.17) is 4.98 Å². The molecule has 7 heteroatoms. The van der Waals surface area contributed by atoms with E-state index in [1.54, 1.807) is 23.0 Å². The Morgan fingerprint density at radius 3 is 2.58 bits per heavy atom. The highest BCUT2D eigenvalue weighted by atomic mass is 79.9. The van der Waals surface area contributed by atoms with Gasteiger partial charge < -0.3 is 10.0 Å². The molecule has 0 radical (unpaired) electrons. The van der Waals surface area contributed by atoms with Crippen LogP contribution in [0, 0.1) is 0 Å². The van der Waals surface area contributed by atoms with Gasteiger partial charge in [-0.05, 0) is 41.8 Å². The Morgan fingerprint density at radius 2 is 1.82 bits per heavy atom. The molecule has 0 bridgehead atoms. The van der Waals surface area contributed by atoms with E-state index in [0.29, 0.717) is 24.7 Å². The SMILES string of the molecule is O=c1cc(-c2ccncc2)nc2n1CCC(c1ccccc1)N2CC(O)c1cccc(Br)c1. The number of hydrogen-bond acceptors (Lipinski definition) is 5. The van der Waals surface area contributed by atoms with Crippen LogP contribution in [0.3, 0.4) is 0 Å². The summed E-state index contributed by atoms with van der Waals surface area (Å²) in [4.78, 5) is 24.1. The molecule has 166 valence electrons. The maximum absolute atomic E-state index is 13.1. The van der Waals surface area contributed by atoms with Crippen LogP contribution in [0.4, 0.5) is 5.95 Å². The number of hydrogen-bond donors (Lipinski definition) is 1. The third kappa shape index (κ3) is 4.47. The van der Waals surface area contributed by atoms with Crippen molar-refractivity contribution in [3.05, 3.63) is 111 Å². The van der Waals surface area contributed by atoms with Crippen LogP contribution in [0.5, 0.6) is 0 Å². The lowest BCUT2D eigenvalue weighted by Crippen LogP contribution is -2.42. The summed E-state index contributed by atoms with van der Waals surface area (Å²) < 4.78 is 2.62. The van der Waals surface area contributed by atoms with Crippen LogP contribution in [0.2, 0.25) is 0 Å². The third-order valence-corrected chi connectivity index (χ3v) is 6.50. The second kappa shape index (κ2) is 9.29. The van der Waals surface area contributed by atoms with Gasteiger partial charge in [0.25, 0.3) is 5.56 Å². The van der Waals surface area contributed by atoms with Crippen LogP contribution in [-0.4, -0.2) is 26.2 Å². The van der Waals surface area contributed by atoms with Gasteiger partial charge in [0.15, 0.2) is 0 Å². The summed E-state index contributed by atoms with van der Waals surface area (Å²) in [6.45, 7) is 0.878. The second-order valence-electron chi connectivity index (χ2n) is 8.11. The minimum atomic E-state index is -0.748. The van der Waals surface area contributed by atoms with Gasteiger partial charge in [-0.1, -0.05) is 58.4 Å². The molecule has 0 aliphatic carbocycles. The molecule has 2 atom stereocenters. The predicted octanol–water partition coefficient (Wildman–Crippen LogP) is 4.75. The van der Waals surface area contributed by atoms with Crippen LogP contribution in [0.15, 0.2) is 94.5 Å². The lowest BCUT2D eigenvalue weighted by Gasteiger charge is -2.39. The molecule has 0 amide bonds. The average Bonchev–Trinajstić information content (AvgIpc) is 2.85. The van der Waals surface area contributed by atoms with Crippen molar-refractivity contribution in [2.75, 3.05) is 11.4 Å². The molecule has 1 N–H and O–H groups in total. The van der Waals surface area contributed by atoms with Crippen LogP contribution in [0.25, 0.3) is 11.3 Å². The molecular weight excluding hydrogens is 480 g/mol. The van der Waals surface area contributed by atoms with Gasteiger partial charge in [0.05, 0.1) is 24.4 Å². The van der Waals surface area contributed by atoms with Gasteiger partial charge in [-0.15, -0.1) is 0 Å². The zero-order chi connectivity index (χ0) is 22.8. The van der Waals surface area contributed by atoms with E-state index in [-0.39, 0.29) is 11.6 Å². The minimum Gasteiger partial charge on any atom is -0.387 e. The van der Waals surface area contributed by atoms with Crippen molar-refractivity contribution in [2.24, 2.45) is 0 Å². The fraction of sp³-hybridized carbons (Fsp3) is 0.192. The molecule has 2 unspecified atom stereocenters. The summed E-state index contributed by atoms with van der Waals surface area (Å²) in [5.74, 6) is 0.573. The predicted molar refractivity (Wildman–Crippen MR) is 132 cm³/mol. The van der Waals surface area contributed by atoms with Crippen molar-refractivity contribution in [1.82, 2.24) is 14.5 Å². The summed E-state index contributed by atoms with van der Waals surface area (Å²) >= 11 is 3.49. The highest BCUT2D eigenvalue weighted by molar-refractivity contribution is 9.10. The van der Waals surface area contributed by atoms with Crippen molar-refractivity contribution >= 4 is 21.9 Å². The monoisotopic (exact) mass is 502 g/mol. The van der Waals surface area contributed by atoms with Gasteiger partial charge in [-0.3, -0.25) is 14.3 Å². The molecule has 2 aromatic heterocycles. The molecular formula is C26H23BrN4O2. The quantitative estimate of drug-likeness (QED) is 0.426. The lowest BCUT2D eigenvalue weighted by atomic mass is 9.99. The van der Waals surface area contributed by atoms with E-state index in [0.717, 1.165) is 27.6 Å². The number of pyridine rings is 1. The van der Waals surface area contributed by atoms with Gasteiger partial charge in [-0.2, -0.15) is 0 Å². The first-order valence-electron chi connectivity index (χ1n) is 10.9. The van der Waals surface area contributed by atoms with Crippen molar-refractivity contribution in [1.29, 1.82) is 0 Å². The fourth-order valence-corrected chi connectivity index (χ4v) is 4.79. The molecule has 1 aliphatic heterocycles. The molecule has 6 nitrogen and oxygen atoms in total. The van der Waals surface area contributed by atoms with Crippen molar-refractivity contribution in [3.63, 3.8) is 0 Å². The summed E-state index contributed by atoms with van der Waals surface area (Å²) in [6.07, 6.45) is 3.38. The Labute approximate surface area is 200 Å². The van der Waals surface area contributed by atoms with Crippen molar-refractivity contribution < 1.29 is 5.11 Å². The van der Waals surface area contributed by atoms with E-state index in [2.05, 4.69) is 37.9 Å². The zero-order valence-corrected chi connectivity index (χ0v) is 19.5. The molecule has 0 spiro atoms. The number of anilines is 1. The van der Waals surface area contributed by atoms with Crippen molar-refractivity contribution in [3.8, 4) is 11.3 Å². The first-order valence-corrected chi connectivity index (χ1v) is 11.7. The first kappa shape index (κ1) is 21.6. The van der Waals surface area contributed by atoms with Crippen molar-refractivity contribution in [2.45, 2.75) is 25.1 Å². The lowest BCUT2D eigenvalue weighted by molar-refractivity contribution is 0.176. The smallest absolute Gasteiger partial charge is 0.255 e. The highest BCUT2D eigenvalue weighted by Gasteiger charge is 2.31. The normalized spacial score (nSPS) is 16.3. The molecule has 4 aromatic rings. The number of aliphatic hydroxyl groups is 1. The van der Waals surface area contributed by atoms with E-state index >= 15 is 0 Å². The van der Waals surface area contributed by atoms with Crippen LogP contribution in [-0.2, 0) is 6.54 Å². The molecule has 33 heavy (non-hydrogen) atoms. The van der Waals surface area contributed by atoms with E-state index in [9.17, 15) is 9.90 Å². The number of aromatic nitrogens is 3. The van der Waals surface area contributed by atoms with Gasteiger partial charge in [-0.25, -0.2) is 4.98 Å². The van der Waals surface area contributed by atoms with Gasteiger partial charge in [0, 0.05) is 35.0 Å². The van der Waals surface area contributed by atoms with E-state index in [1.165, 1.54) is 0 Å². The second-order valence-corrected chi connectivity index (χ2v) is 9.02. The molecule has 1 aliphatic rings. The number of aliphatic hydroxyl groups excluding tert-OH is 1. The Balaban J connectivity index is 1.60. The fourth-order valence-electron chi connectivity index (χ4n) is 4.38. The number of rotatable bonds is 5. The van der Waals surface area contributed by atoms with Crippen LogP contribution >= 0.6 is 15.9 Å². The summed E-state index contributed by atoms with van der Waals surface area (Å²) in [7, 11) is 0. The summed E-state index contributed by atoms with van der Waals surface area (Å²) in [5, 5.41) is 11.2. The number of nitrogens with zero attached hydrogens (tertiary/aromatic N) is 4. The number of halogens is 1. The minimum absolute atomic E-state index is 0.00686. The van der Waals surface area contributed by atoms with Gasteiger partial charge in [0.1, 0.15) is 0 Å². The Morgan fingerprint density at radius 1 is 1.03 bits per heavy atom. The molecule has 2 aromatic carbocycles. The van der Waals surface area contributed by atoms with Gasteiger partial charge in [0.2, 0.25) is 5.95 Å². The molecule has 0 saturated heterocycles. The van der Waals surface area contributed by atoms with Crippen LogP contribution in [0.1, 0.15) is 29.7 Å². The zero-order valence-electron chi connectivity index (χ0n) is 17.9. The standard InChI is InChI=1S/C26H23BrN4O2/c27-21-8-4-7-20(15-21)24(32)17-31-23(19-5-2-1-3-6-19)11-14-30-25(33)16-22(29-26(30)31)18-9-12-28-13-10-18/h1-10,12-13,15-16,23-24,32H,11,14,17H2. The average molecular weight is 503 g/mol. The largest absolute Gasteiger partial charge is 0.387 e. The Kier molecular flexibility index (Phi) is 6.07.